The molecule has 0 bridgehead atoms. The van der Waals surface area contributed by atoms with Crippen molar-refractivity contribution in [3.63, 3.8) is 0 Å². The third-order valence-corrected chi connectivity index (χ3v) is 5.17. The summed E-state index contributed by atoms with van der Waals surface area (Å²) in [5.41, 5.74) is 1.14. The number of hydrogen-bond donors (Lipinski definition) is 0. The number of rotatable bonds is 3. The Balaban J connectivity index is 2.25. The van der Waals surface area contributed by atoms with Gasteiger partial charge in [0.15, 0.2) is 0 Å². The fourth-order valence-electron chi connectivity index (χ4n) is 2.27. The van der Waals surface area contributed by atoms with Crippen LogP contribution in [0.25, 0.3) is 0 Å². The zero-order valence-corrected chi connectivity index (χ0v) is 11.9. The van der Waals surface area contributed by atoms with Crippen LogP contribution >= 0.6 is 0 Å². The van der Waals surface area contributed by atoms with E-state index >= 15 is 0 Å². The molecule has 0 heterocycles. The van der Waals surface area contributed by atoms with Gasteiger partial charge in [-0.25, -0.2) is 0 Å². The van der Waals surface area contributed by atoms with Crippen LogP contribution in [0.15, 0.2) is 41.3 Å². The highest BCUT2D eigenvalue weighted by Crippen LogP contribution is 2.28. The lowest BCUT2D eigenvalue weighted by molar-refractivity contribution is 0.104. The molecule has 1 aromatic carbocycles. The van der Waals surface area contributed by atoms with Gasteiger partial charge in [-0.15, -0.1) is 0 Å². The molecular weight excluding hydrogens is 258 g/mol. The Labute approximate surface area is 116 Å². The van der Waals surface area contributed by atoms with Crippen LogP contribution in [0.5, 0.6) is 0 Å². The Morgan fingerprint density at radius 2 is 2.05 bits per heavy atom. The van der Waals surface area contributed by atoms with Crippen LogP contribution < -0.4 is 0 Å². The van der Waals surface area contributed by atoms with Crippen molar-refractivity contribution in [2.45, 2.75) is 29.6 Å². The molecule has 0 aliphatic heterocycles. The van der Waals surface area contributed by atoms with Gasteiger partial charge in [-0.1, -0.05) is 29.8 Å². The Morgan fingerprint density at radius 3 is 2.63 bits per heavy atom. The first-order valence-corrected chi connectivity index (χ1v) is 7.45. The van der Waals surface area contributed by atoms with E-state index < -0.39 is 10.8 Å². The zero-order valence-electron chi connectivity index (χ0n) is 11.1. The van der Waals surface area contributed by atoms with Crippen molar-refractivity contribution >= 4 is 10.8 Å². The summed E-state index contributed by atoms with van der Waals surface area (Å²) in [5.74, 6) is -0.364. The molecule has 0 fully saturated rings. The number of hydrogen-bond acceptors (Lipinski definition) is 3. The maximum atomic E-state index is 12.6. The number of nitriles is 1. The third kappa shape index (κ3) is 2.94. The summed E-state index contributed by atoms with van der Waals surface area (Å²) in [6.07, 6.45) is 4.23. The van der Waals surface area contributed by atoms with Gasteiger partial charge in [0.1, 0.15) is 0 Å². The molecule has 0 saturated carbocycles. The van der Waals surface area contributed by atoms with Gasteiger partial charge in [0.25, 0.3) is 0 Å². The fraction of sp³-hybridized carbons (Fsp3) is 0.400. The number of methoxy groups -OCH3 is 1. The average Bonchev–Trinajstić information content (AvgIpc) is 2.46. The van der Waals surface area contributed by atoms with Crippen molar-refractivity contribution in [2.24, 2.45) is 5.92 Å². The van der Waals surface area contributed by atoms with Crippen LogP contribution in [-0.2, 0) is 15.5 Å². The molecule has 1 aliphatic rings. The minimum absolute atomic E-state index is 0.206. The Morgan fingerprint density at radius 1 is 1.37 bits per heavy atom. The van der Waals surface area contributed by atoms with Crippen LogP contribution in [0, 0.1) is 24.2 Å². The normalized spacial score (nSPS) is 27.7. The molecule has 19 heavy (non-hydrogen) atoms. The summed E-state index contributed by atoms with van der Waals surface area (Å²) in [5, 5.41) is 9.10. The lowest BCUT2D eigenvalue weighted by atomic mass is 9.92. The molecule has 0 aromatic heterocycles. The van der Waals surface area contributed by atoms with Crippen molar-refractivity contribution in [2.75, 3.05) is 7.11 Å². The van der Waals surface area contributed by atoms with E-state index in [1.54, 1.807) is 7.11 Å². The first-order valence-electron chi connectivity index (χ1n) is 6.23. The molecule has 0 spiro atoms. The standard InChI is InChI=1S/C15H17NO2S/c1-11-6-8-12(9-7-11)19(17)15-5-3-4-14(18-2)13(15)10-16/h3-4,6-9,13-15H,5H2,1-2H3/t13-,14+,15+,19-/m1/s1. The van der Waals surface area contributed by atoms with E-state index in [0.29, 0.717) is 6.42 Å². The van der Waals surface area contributed by atoms with Gasteiger partial charge in [0, 0.05) is 12.0 Å². The molecule has 0 unspecified atom stereocenters. The molecule has 1 aliphatic carbocycles. The quantitative estimate of drug-likeness (QED) is 0.797. The molecule has 4 heteroatoms. The van der Waals surface area contributed by atoms with Gasteiger partial charge < -0.3 is 4.74 Å². The largest absolute Gasteiger partial charge is 0.376 e. The number of aryl methyl sites for hydroxylation is 1. The number of allylic oxidation sites excluding steroid dienone is 1. The molecule has 3 nitrogen and oxygen atoms in total. The highest BCUT2D eigenvalue weighted by molar-refractivity contribution is 7.85. The molecule has 0 saturated heterocycles. The minimum atomic E-state index is -1.18. The number of nitrogens with zero attached hydrogens (tertiary/aromatic N) is 1. The molecule has 0 radical (unpaired) electrons. The van der Waals surface area contributed by atoms with E-state index in [-0.39, 0.29) is 17.3 Å². The summed E-state index contributed by atoms with van der Waals surface area (Å²) < 4.78 is 17.9. The second-order valence-electron chi connectivity index (χ2n) is 4.67. The van der Waals surface area contributed by atoms with Crippen LogP contribution in [0.1, 0.15) is 12.0 Å². The van der Waals surface area contributed by atoms with Crippen molar-refractivity contribution in [1.29, 1.82) is 5.26 Å². The SMILES string of the molecule is CO[C@H]1C=CC[C@H]([S@](=O)c2ccc(C)cc2)[C@@H]1C#N. The van der Waals surface area contributed by atoms with Crippen LogP contribution in [-0.4, -0.2) is 22.7 Å². The Kier molecular flexibility index (Phi) is 4.52. The van der Waals surface area contributed by atoms with E-state index in [9.17, 15) is 9.47 Å². The number of ether oxygens (including phenoxy) is 1. The zero-order chi connectivity index (χ0) is 13.8. The first-order chi connectivity index (χ1) is 9.17. The second-order valence-corrected chi connectivity index (χ2v) is 6.34. The average molecular weight is 275 g/mol. The smallest absolute Gasteiger partial charge is 0.0922 e. The van der Waals surface area contributed by atoms with Gasteiger partial charge in [-0.3, -0.25) is 4.21 Å². The Bertz CT molecular complexity index is 530. The first kappa shape index (κ1) is 14.0. The number of benzene rings is 1. The van der Waals surface area contributed by atoms with Crippen LogP contribution in [0.2, 0.25) is 0 Å². The maximum absolute atomic E-state index is 12.6. The predicted molar refractivity (Wildman–Crippen MR) is 75.0 cm³/mol. The summed E-state index contributed by atoms with van der Waals surface area (Å²) in [6, 6.07) is 9.89. The summed E-state index contributed by atoms with van der Waals surface area (Å²) >= 11 is 0. The van der Waals surface area contributed by atoms with Gasteiger partial charge in [0.2, 0.25) is 0 Å². The molecule has 0 N–H and O–H groups in total. The van der Waals surface area contributed by atoms with E-state index in [1.807, 2.05) is 43.3 Å². The topological polar surface area (TPSA) is 50.1 Å². The van der Waals surface area contributed by atoms with Crippen molar-refractivity contribution in [1.82, 2.24) is 0 Å². The molecule has 2 rings (SSSR count). The summed E-state index contributed by atoms with van der Waals surface area (Å²) in [7, 11) is 0.396. The second kappa shape index (κ2) is 6.14. The summed E-state index contributed by atoms with van der Waals surface area (Å²) in [4.78, 5) is 0.779. The molecule has 100 valence electrons. The van der Waals surface area contributed by atoms with Gasteiger partial charge in [-0.05, 0) is 25.5 Å². The van der Waals surface area contributed by atoms with Crippen molar-refractivity contribution < 1.29 is 8.95 Å². The van der Waals surface area contributed by atoms with Gasteiger partial charge >= 0.3 is 0 Å². The van der Waals surface area contributed by atoms with E-state index in [0.717, 1.165) is 10.5 Å². The van der Waals surface area contributed by atoms with Crippen LogP contribution in [0.3, 0.4) is 0 Å². The highest BCUT2D eigenvalue weighted by atomic mass is 32.2. The molecular formula is C15H17NO2S. The van der Waals surface area contributed by atoms with E-state index in [1.165, 1.54) is 0 Å². The predicted octanol–water partition coefficient (Wildman–Crippen LogP) is 2.59. The summed E-state index contributed by atoms with van der Waals surface area (Å²) in [6.45, 7) is 2.00. The van der Waals surface area contributed by atoms with E-state index in [2.05, 4.69) is 6.07 Å². The van der Waals surface area contributed by atoms with E-state index in [4.69, 9.17) is 4.74 Å². The molecule has 4 atom stereocenters. The van der Waals surface area contributed by atoms with Gasteiger partial charge in [0.05, 0.1) is 34.1 Å². The Hall–Kier alpha value is -1.44. The maximum Gasteiger partial charge on any atom is 0.0922 e. The van der Waals surface area contributed by atoms with Gasteiger partial charge in [-0.2, -0.15) is 5.26 Å². The fourth-order valence-corrected chi connectivity index (χ4v) is 3.80. The third-order valence-electron chi connectivity index (χ3n) is 3.40. The lowest BCUT2D eigenvalue weighted by Gasteiger charge is -2.28. The lowest BCUT2D eigenvalue weighted by Crippen LogP contribution is -2.36. The molecule has 1 aromatic rings. The van der Waals surface area contributed by atoms with Crippen molar-refractivity contribution in [3.05, 3.63) is 42.0 Å². The van der Waals surface area contributed by atoms with Crippen LogP contribution in [0.4, 0.5) is 0 Å². The monoisotopic (exact) mass is 275 g/mol. The minimum Gasteiger partial charge on any atom is -0.376 e. The highest BCUT2D eigenvalue weighted by Gasteiger charge is 2.35. The van der Waals surface area contributed by atoms with Crippen molar-refractivity contribution in [3.8, 4) is 6.07 Å². The molecule has 0 amide bonds.